The summed E-state index contributed by atoms with van der Waals surface area (Å²) in [6.07, 6.45) is 1.30. The van der Waals surface area contributed by atoms with Crippen molar-refractivity contribution in [2.45, 2.75) is 6.61 Å². The van der Waals surface area contributed by atoms with Crippen molar-refractivity contribution in [1.29, 1.82) is 0 Å². The van der Waals surface area contributed by atoms with Crippen molar-refractivity contribution in [2.24, 2.45) is 0 Å². The van der Waals surface area contributed by atoms with Crippen LogP contribution in [0.1, 0.15) is 16.1 Å². The number of carbonyl (C=O) groups is 1. The molecule has 100 valence electrons. The predicted molar refractivity (Wildman–Crippen MR) is 60.7 cm³/mol. The average molecular weight is 268 g/mol. The fraction of sp³-hybridized carbons (Fsp3) is 0.154. The van der Waals surface area contributed by atoms with E-state index in [0.29, 0.717) is 6.07 Å². The molecule has 0 unspecified atom stereocenters. The Morgan fingerprint density at radius 3 is 2.79 bits per heavy atom. The number of esters is 1. The zero-order valence-electron chi connectivity index (χ0n) is 9.98. The zero-order valence-corrected chi connectivity index (χ0v) is 9.98. The fourth-order valence-corrected chi connectivity index (χ4v) is 1.48. The van der Waals surface area contributed by atoms with Crippen molar-refractivity contribution in [1.82, 2.24) is 0 Å². The van der Waals surface area contributed by atoms with Gasteiger partial charge in [-0.1, -0.05) is 0 Å². The lowest BCUT2D eigenvalue weighted by molar-refractivity contribution is 0.0595. The van der Waals surface area contributed by atoms with Crippen LogP contribution in [0.15, 0.2) is 34.9 Å². The van der Waals surface area contributed by atoms with Gasteiger partial charge in [-0.2, -0.15) is 0 Å². The number of rotatable bonds is 4. The van der Waals surface area contributed by atoms with E-state index in [1.165, 1.54) is 19.4 Å². The molecule has 0 saturated carbocycles. The molecule has 1 aromatic heterocycles. The Balaban J connectivity index is 2.10. The Morgan fingerprint density at radius 2 is 2.11 bits per heavy atom. The van der Waals surface area contributed by atoms with Gasteiger partial charge in [0.2, 0.25) is 0 Å². The third-order valence-electron chi connectivity index (χ3n) is 2.40. The topological polar surface area (TPSA) is 48.7 Å². The largest absolute Gasteiger partial charge is 0.483 e. The minimum absolute atomic E-state index is 0.131. The van der Waals surface area contributed by atoms with Crippen LogP contribution < -0.4 is 4.74 Å². The first kappa shape index (κ1) is 13.1. The van der Waals surface area contributed by atoms with Crippen molar-refractivity contribution < 1.29 is 27.5 Å². The molecule has 0 aliphatic rings. The highest BCUT2D eigenvalue weighted by molar-refractivity contribution is 5.90. The molecular weight excluding hydrogens is 258 g/mol. The lowest BCUT2D eigenvalue weighted by Crippen LogP contribution is -2.05. The van der Waals surface area contributed by atoms with Gasteiger partial charge >= 0.3 is 5.97 Å². The summed E-state index contributed by atoms with van der Waals surface area (Å²) in [5.74, 6) is -2.03. The van der Waals surface area contributed by atoms with Crippen LogP contribution in [-0.2, 0) is 11.3 Å². The van der Waals surface area contributed by atoms with Crippen LogP contribution in [0, 0.1) is 11.6 Å². The Hall–Kier alpha value is -2.37. The molecule has 4 nitrogen and oxygen atoms in total. The standard InChI is InChI=1S/C13H10F2O4/c1-17-13(16)9-4-5-18-12(9)7-19-11-3-2-8(14)6-10(11)15/h2-6H,7H2,1H3. The first-order valence-electron chi connectivity index (χ1n) is 5.34. The summed E-state index contributed by atoms with van der Waals surface area (Å²) in [6.45, 7) is -0.167. The molecule has 0 spiro atoms. The van der Waals surface area contributed by atoms with Gasteiger partial charge in [0.05, 0.1) is 13.4 Å². The number of hydrogen-bond acceptors (Lipinski definition) is 4. The van der Waals surface area contributed by atoms with E-state index in [0.717, 1.165) is 12.1 Å². The summed E-state index contributed by atoms with van der Waals surface area (Å²) in [5, 5.41) is 0. The number of benzene rings is 1. The Labute approximate surface area is 107 Å². The molecular formula is C13H10F2O4. The van der Waals surface area contributed by atoms with Crippen LogP contribution >= 0.6 is 0 Å². The number of hydrogen-bond donors (Lipinski definition) is 0. The Kier molecular flexibility index (Phi) is 3.79. The van der Waals surface area contributed by atoms with Crippen molar-refractivity contribution >= 4 is 5.97 Å². The number of methoxy groups -OCH3 is 1. The molecule has 19 heavy (non-hydrogen) atoms. The first-order valence-corrected chi connectivity index (χ1v) is 5.34. The van der Waals surface area contributed by atoms with Crippen molar-refractivity contribution in [2.75, 3.05) is 7.11 Å². The highest BCUT2D eigenvalue weighted by Gasteiger charge is 2.16. The molecule has 0 saturated heterocycles. The molecule has 6 heteroatoms. The quantitative estimate of drug-likeness (QED) is 0.800. The molecule has 0 radical (unpaired) electrons. The van der Waals surface area contributed by atoms with Gasteiger partial charge in [0.15, 0.2) is 17.3 Å². The summed E-state index contributed by atoms with van der Waals surface area (Å²) in [4.78, 5) is 11.4. The van der Waals surface area contributed by atoms with Gasteiger partial charge in [-0.25, -0.2) is 13.6 Å². The minimum atomic E-state index is -0.828. The molecule has 0 aliphatic carbocycles. The summed E-state index contributed by atoms with van der Waals surface area (Å²) >= 11 is 0. The average Bonchev–Trinajstić information content (AvgIpc) is 2.85. The van der Waals surface area contributed by atoms with Crippen LogP contribution in [0.25, 0.3) is 0 Å². The van der Waals surface area contributed by atoms with Crippen molar-refractivity contribution in [3.05, 3.63) is 53.5 Å². The molecule has 0 bridgehead atoms. The monoisotopic (exact) mass is 268 g/mol. The van der Waals surface area contributed by atoms with E-state index in [9.17, 15) is 13.6 Å². The number of carbonyl (C=O) groups excluding carboxylic acids is 1. The Morgan fingerprint density at radius 1 is 1.32 bits per heavy atom. The third-order valence-corrected chi connectivity index (χ3v) is 2.40. The molecule has 1 heterocycles. The minimum Gasteiger partial charge on any atom is -0.483 e. The number of halogens is 2. The maximum absolute atomic E-state index is 13.3. The molecule has 0 atom stereocenters. The van der Waals surface area contributed by atoms with E-state index in [2.05, 4.69) is 4.74 Å². The van der Waals surface area contributed by atoms with Crippen molar-refractivity contribution in [3.8, 4) is 5.75 Å². The smallest absolute Gasteiger partial charge is 0.341 e. The second kappa shape index (κ2) is 5.51. The normalized spacial score (nSPS) is 10.3. The predicted octanol–water partition coefficient (Wildman–Crippen LogP) is 2.92. The second-order valence-electron chi connectivity index (χ2n) is 3.61. The fourth-order valence-electron chi connectivity index (χ4n) is 1.48. The Bertz CT molecular complexity index is 592. The molecule has 0 aliphatic heterocycles. The van der Waals surface area contributed by atoms with Gasteiger partial charge in [0.1, 0.15) is 18.0 Å². The lowest BCUT2D eigenvalue weighted by Gasteiger charge is -2.06. The third kappa shape index (κ3) is 2.90. The van der Waals surface area contributed by atoms with E-state index in [1.807, 2.05) is 0 Å². The van der Waals surface area contributed by atoms with Gasteiger partial charge in [-0.15, -0.1) is 0 Å². The summed E-state index contributed by atoms with van der Waals surface area (Å²) in [6, 6.07) is 4.36. The van der Waals surface area contributed by atoms with Gasteiger partial charge in [0.25, 0.3) is 0 Å². The van der Waals surface area contributed by atoms with Crippen molar-refractivity contribution in [3.63, 3.8) is 0 Å². The number of furan rings is 1. The molecule has 2 aromatic rings. The van der Waals surface area contributed by atoms with Gasteiger partial charge in [-0.3, -0.25) is 0 Å². The highest BCUT2D eigenvalue weighted by Crippen LogP contribution is 2.20. The highest BCUT2D eigenvalue weighted by atomic mass is 19.1. The van der Waals surface area contributed by atoms with Gasteiger partial charge < -0.3 is 13.9 Å². The van der Waals surface area contributed by atoms with Crippen LogP contribution in [0.5, 0.6) is 5.75 Å². The van der Waals surface area contributed by atoms with Crippen LogP contribution in [-0.4, -0.2) is 13.1 Å². The van der Waals surface area contributed by atoms with E-state index >= 15 is 0 Å². The maximum atomic E-state index is 13.3. The first-order chi connectivity index (χ1) is 9.11. The summed E-state index contributed by atoms with van der Waals surface area (Å²) < 4.78 is 40.7. The molecule has 1 aromatic carbocycles. The van der Waals surface area contributed by atoms with Crippen LogP contribution in [0.3, 0.4) is 0 Å². The van der Waals surface area contributed by atoms with Crippen LogP contribution in [0.2, 0.25) is 0 Å². The molecule has 0 amide bonds. The van der Waals surface area contributed by atoms with E-state index in [1.54, 1.807) is 0 Å². The van der Waals surface area contributed by atoms with E-state index in [-0.39, 0.29) is 23.7 Å². The zero-order chi connectivity index (χ0) is 13.8. The van der Waals surface area contributed by atoms with Crippen LogP contribution in [0.4, 0.5) is 8.78 Å². The molecule has 0 N–H and O–H groups in total. The number of ether oxygens (including phenoxy) is 2. The van der Waals surface area contributed by atoms with E-state index in [4.69, 9.17) is 9.15 Å². The van der Waals surface area contributed by atoms with Gasteiger partial charge in [-0.05, 0) is 18.2 Å². The van der Waals surface area contributed by atoms with Gasteiger partial charge in [0, 0.05) is 6.07 Å². The maximum Gasteiger partial charge on any atom is 0.341 e. The lowest BCUT2D eigenvalue weighted by atomic mass is 10.2. The van der Waals surface area contributed by atoms with E-state index < -0.39 is 17.6 Å². The summed E-state index contributed by atoms with van der Waals surface area (Å²) in [7, 11) is 1.24. The molecule has 0 fully saturated rings. The second-order valence-corrected chi connectivity index (χ2v) is 3.61. The molecule has 2 rings (SSSR count). The summed E-state index contributed by atoms with van der Waals surface area (Å²) in [5.41, 5.74) is 0.199. The SMILES string of the molecule is COC(=O)c1ccoc1COc1ccc(F)cc1F.